The van der Waals surface area contributed by atoms with Gasteiger partial charge in [0.2, 0.25) is 5.91 Å². The third kappa shape index (κ3) is 6.43. The summed E-state index contributed by atoms with van der Waals surface area (Å²) < 4.78 is 5.52. The summed E-state index contributed by atoms with van der Waals surface area (Å²) in [6.45, 7) is 2.10. The van der Waals surface area contributed by atoms with Crippen molar-refractivity contribution >= 4 is 13.0 Å². The van der Waals surface area contributed by atoms with Crippen molar-refractivity contribution in [1.82, 2.24) is 15.1 Å². The quantitative estimate of drug-likeness (QED) is 0.351. The number of fused-ring (bicyclic) bond motifs is 1. The SMILES string of the molecule is CN(C)CCN(C)[C@H]1CC[C@H](CC(=O)N[C@H]2Cc3cccc(C(O)O)c3OB2O)CC1. The molecule has 1 fully saturated rings. The Morgan fingerprint density at radius 1 is 1.19 bits per heavy atom. The van der Waals surface area contributed by atoms with E-state index in [4.69, 9.17) is 4.65 Å². The van der Waals surface area contributed by atoms with E-state index in [0.717, 1.165) is 44.3 Å². The largest absolute Gasteiger partial charge is 0.547 e. The molecule has 9 heteroatoms. The fourth-order valence-electron chi connectivity index (χ4n) is 4.63. The van der Waals surface area contributed by atoms with Crippen LogP contribution in [0.2, 0.25) is 0 Å². The lowest BCUT2D eigenvalue weighted by Crippen LogP contribution is -2.53. The number of rotatable bonds is 8. The van der Waals surface area contributed by atoms with Gasteiger partial charge in [-0.3, -0.25) is 4.79 Å². The summed E-state index contributed by atoms with van der Waals surface area (Å²) in [7, 11) is 5.14. The third-order valence-corrected chi connectivity index (χ3v) is 6.59. The highest BCUT2D eigenvalue weighted by Gasteiger charge is 2.38. The molecule has 172 valence electrons. The van der Waals surface area contributed by atoms with Gasteiger partial charge >= 0.3 is 7.12 Å². The van der Waals surface area contributed by atoms with Crippen LogP contribution in [0, 0.1) is 5.92 Å². The van der Waals surface area contributed by atoms with Crippen molar-refractivity contribution in [2.24, 2.45) is 5.92 Å². The number of aliphatic hydroxyl groups is 2. The first-order chi connectivity index (χ1) is 14.7. The molecule has 8 nitrogen and oxygen atoms in total. The van der Waals surface area contributed by atoms with Crippen LogP contribution in [0.4, 0.5) is 0 Å². The zero-order valence-corrected chi connectivity index (χ0v) is 18.8. The lowest BCUT2D eigenvalue weighted by molar-refractivity contribution is -0.122. The van der Waals surface area contributed by atoms with Gasteiger partial charge in [-0.1, -0.05) is 18.2 Å². The molecule has 1 amide bonds. The zero-order valence-electron chi connectivity index (χ0n) is 18.8. The second-order valence-electron chi connectivity index (χ2n) is 9.26. The molecule has 1 atom stereocenters. The molecular weight excluding hydrogens is 397 g/mol. The monoisotopic (exact) mass is 433 g/mol. The predicted octanol–water partition coefficient (Wildman–Crippen LogP) is 0.552. The van der Waals surface area contributed by atoms with Crippen molar-refractivity contribution in [2.75, 3.05) is 34.2 Å². The summed E-state index contributed by atoms with van der Waals surface area (Å²) >= 11 is 0. The van der Waals surface area contributed by atoms with Gasteiger partial charge in [0.15, 0.2) is 6.29 Å². The number of amides is 1. The van der Waals surface area contributed by atoms with Crippen molar-refractivity contribution in [3.05, 3.63) is 29.3 Å². The second kappa shape index (κ2) is 10.8. The smallest absolute Gasteiger partial charge is 0.534 e. The van der Waals surface area contributed by atoms with Gasteiger partial charge in [-0.2, -0.15) is 0 Å². The van der Waals surface area contributed by atoms with Gasteiger partial charge in [-0.15, -0.1) is 0 Å². The van der Waals surface area contributed by atoms with E-state index in [1.165, 1.54) is 0 Å². The molecule has 1 heterocycles. The molecule has 1 saturated carbocycles. The van der Waals surface area contributed by atoms with Crippen LogP contribution in [0.3, 0.4) is 0 Å². The van der Waals surface area contributed by atoms with Crippen LogP contribution in [-0.4, -0.2) is 84.3 Å². The maximum atomic E-state index is 12.6. The topological polar surface area (TPSA) is 106 Å². The van der Waals surface area contributed by atoms with Gasteiger partial charge in [0.05, 0.1) is 5.94 Å². The van der Waals surface area contributed by atoms with Crippen molar-refractivity contribution in [3.63, 3.8) is 0 Å². The number of nitrogens with zero attached hydrogens (tertiary/aromatic N) is 2. The van der Waals surface area contributed by atoms with E-state index in [2.05, 4.69) is 36.3 Å². The highest BCUT2D eigenvalue weighted by atomic mass is 16.5. The summed E-state index contributed by atoms with van der Waals surface area (Å²) in [6.07, 6.45) is 3.45. The summed E-state index contributed by atoms with van der Waals surface area (Å²) in [5, 5.41) is 32.2. The Morgan fingerprint density at radius 3 is 2.55 bits per heavy atom. The number of benzene rings is 1. The first kappa shape index (κ1) is 24.0. The molecule has 3 rings (SSSR count). The first-order valence-electron chi connectivity index (χ1n) is 11.2. The predicted molar refractivity (Wildman–Crippen MR) is 119 cm³/mol. The Hall–Kier alpha value is -1.65. The summed E-state index contributed by atoms with van der Waals surface area (Å²) in [5.74, 6) is 0.0224. The number of aliphatic hydroxyl groups excluding tert-OH is 1. The van der Waals surface area contributed by atoms with Crippen LogP contribution >= 0.6 is 0 Å². The molecule has 1 aliphatic heterocycles. The Bertz CT molecular complexity index is 740. The number of nitrogens with one attached hydrogen (secondary N) is 1. The molecule has 0 aromatic heterocycles. The van der Waals surface area contributed by atoms with Crippen LogP contribution in [0.25, 0.3) is 0 Å². The molecule has 0 bridgehead atoms. The minimum absolute atomic E-state index is 0.0705. The van der Waals surface area contributed by atoms with E-state index >= 15 is 0 Å². The van der Waals surface area contributed by atoms with Crippen LogP contribution < -0.4 is 9.97 Å². The molecule has 0 unspecified atom stereocenters. The number of hydrogen-bond donors (Lipinski definition) is 4. The highest BCUT2D eigenvalue weighted by Crippen LogP contribution is 2.33. The van der Waals surface area contributed by atoms with Gasteiger partial charge in [0.1, 0.15) is 5.75 Å². The maximum Gasteiger partial charge on any atom is 0.547 e. The lowest BCUT2D eigenvalue weighted by atomic mass is 9.72. The number of carbonyl (C=O) groups excluding carboxylic acids is 1. The molecular formula is C22H36BN3O5. The molecule has 0 saturated heterocycles. The number of hydrogen-bond acceptors (Lipinski definition) is 7. The average Bonchev–Trinajstić information content (AvgIpc) is 2.72. The zero-order chi connectivity index (χ0) is 22.5. The molecule has 1 aromatic carbocycles. The second-order valence-corrected chi connectivity index (χ2v) is 9.26. The van der Waals surface area contributed by atoms with E-state index < -0.39 is 19.3 Å². The van der Waals surface area contributed by atoms with E-state index in [-0.39, 0.29) is 17.2 Å². The normalized spacial score (nSPS) is 23.8. The molecule has 2 aliphatic rings. The van der Waals surface area contributed by atoms with Crippen LogP contribution in [0.5, 0.6) is 5.75 Å². The molecule has 0 radical (unpaired) electrons. The number of carbonyl (C=O) groups is 1. The Morgan fingerprint density at radius 2 is 1.90 bits per heavy atom. The average molecular weight is 433 g/mol. The number of para-hydroxylation sites is 1. The van der Waals surface area contributed by atoms with Crippen LogP contribution in [0.1, 0.15) is 49.5 Å². The highest BCUT2D eigenvalue weighted by molar-refractivity contribution is 6.46. The third-order valence-electron chi connectivity index (χ3n) is 6.59. The summed E-state index contributed by atoms with van der Waals surface area (Å²) in [6, 6.07) is 5.64. The summed E-state index contributed by atoms with van der Waals surface area (Å²) in [4.78, 5) is 17.3. The lowest BCUT2D eigenvalue weighted by Gasteiger charge is -2.35. The summed E-state index contributed by atoms with van der Waals surface area (Å²) in [5.41, 5.74) is 0.955. The van der Waals surface area contributed by atoms with Crippen molar-refractivity contribution in [3.8, 4) is 5.75 Å². The van der Waals surface area contributed by atoms with E-state index in [1.807, 2.05) is 0 Å². The van der Waals surface area contributed by atoms with Crippen LogP contribution in [-0.2, 0) is 11.2 Å². The van der Waals surface area contributed by atoms with Gasteiger partial charge in [0.25, 0.3) is 0 Å². The maximum absolute atomic E-state index is 12.6. The minimum Gasteiger partial charge on any atom is -0.534 e. The van der Waals surface area contributed by atoms with Gasteiger partial charge in [-0.25, -0.2) is 0 Å². The Labute approximate surface area is 185 Å². The van der Waals surface area contributed by atoms with E-state index in [9.17, 15) is 20.0 Å². The number of likely N-dealkylation sites (N-methyl/N-ethyl adjacent to an activating group) is 2. The fourth-order valence-corrected chi connectivity index (χ4v) is 4.63. The van der Waals surface area contributed by atoms with Crippen molar-refractivity contribution < 1.29 is 24.7 Å². The molecule has 0 spiro atoms. The molecule has 31 heavy (non-hydrogen) atoms. The van der Waals surface area contributed by atoms with Gasteiger partial charge in [-0.05, 0) is 64.7 Å². The standard InChI is InChI=1S/C22H36BN3O5/c1-25(2)11-12-26(3)17-9-7-15(8-10-17)13-20(27)24-19-14-16-5-4-6-18(22(28)29)21(16)31-23(19)30/h4-6,15,17,19,22,28-30H,7-14H2,1-3H3,(H,24,27)/t15-,17-,19-/m0/s1. The van der Waals surface area contributed by atoms with Gasteiger partial charge in [0, 0.05) is 31.1 Å². The van der Waals surface area contributed by atoms with Gasteiger partial charge < -0.3 is 35.0 Å². The Balaban J connectivity index is 1.47. The molecule has 1 aromatic rings. The fraction of sp³-hybridized carbons (Fsp3) is 0.682. The van der Waals surface area contributed by atoms with E-state index in [0.29, 0.717) is 24.8 Å². The van der Waals surface area contributed by atoms with Crippen LogP contribution in [0.15, 0.2) is 18.2 Å². The minimum atomic E-state index is -1.68. The van der Waals surface area contributed by atoms with Crippen molar-refractivity contribution in [1.29, 1.82) is 0 Å². The van der Waals surface area contributed by atoms with Crippen molar-refractivity contribution in [2.45, 2.75) is 56.8 Å². The van der Waals surface area contributed by atoms with E-state index in [1.54, 1.807) is 18.2 Å². The first-order valence-corrected chi connectivity index (χ1v) is 11.2. The molecule has 4 N–H and O–H groups in total. The molecule has 1 aliphatic carbocycles. The Kier molecular flexibility index (Phi) is 8.35.